The highest BCUT2D eigenvalue weighted by molar-refractivity contribution is 5.85. The van der Waals surface area contributed by atoms with E-state index >= 15 is 0 Å². The summed E-state index contributed by atoms with van der Waals surface area (Å²) in [5.41, 5.74) is 3.53. The number of amides is 1. The van der Waals surface area contributed by atoms with Gasteiger partial charge in [-0.3, -0.25) is 4.79 Å². The van der Waals surface area contributed by atoms with E-state index in [0.29, 0.717) is 12.3 Å². The van der Waals surface area contributed by atoms with Gasteiger partial charge >= 0.3 is 0 Å². The molecule has 1 amide bonds. The SMILES string of the molecule is Cc1ccc(C)c(CC(=O)NC2CNCCC2C)c1.Cl. The molecule has 112 valence electrons. The molecule has 20 heavy (non-hydrogen) atoms. The number of piperidine rings is 1. The van der Waals surface area contributed by atoms with E-state index < -0.39 is 0 Å². The number of halogens is 1. The van der Waals surface area contributed by atoms with Crippen molar-refractivity contribution >= 4 is 18.3 Å². The Labute approximate surface area is 127 Å². The monoisotopic (exact) mass is 296 g/mol. The molecular formula is C16H25ClN2O. The lowest BCUT2D eigenvalue weighted by Gasteiger charge is -2.30. The molecule has 3 nitrogen and oxygen atoms in total. The van der Waals surface area contributed by atoms with Crippen molar-refractivity contribution in [2.45, 2.75) is 39.7 Å². The zero-order valence-corrected chi connectivity index (χ0v) is 13.3. The minimum absolute atomic E-state index is 0. The molecule has 0 radical (unpaired) electrons. The first kappa shape index (κ1) is 17.0. The van der Waals surface area contributed by atoms with Crippen LogP contribution in [0.3, 0.4) is 0 Å². The molecule has 1 aliphatic rings. The normalized spacial score (nSPS) is 21.9. The van der Waals surface area contributed by atoms with Crippen molar-refractivity contribution in [3.63, 3.8) is 0 Å². The highest BCUT2D eigenvalue weighted by Gasteiger charge is 2.22. The molecule has 2 unspecified atom stereocenters. The lowest BCUT2D eigenvalue weighted by atomic mass is 9.94. The molecule has 1 saturated heterocycles. The lowest BCUT2D eigenvalue weighted by molar-refractivity contribution is -0.121. The standard InChI is InChI=1S/C16H24N2O.ClH/c1-11-4-5-12(2)14(8-11)9-16(19)18-15-10-17-7-6-13(15)3;/h4-5,8,13,15,17H,6-7,9-10H2,1-3H3,(H,18,19);1H. The zero-order chi connectivity index (χ0) is 13.8. The molecule has 1 aromatic carbocycles. The number of aryl methyl sites for hydroxylation is 2. The van der Waals surface area contributed by atoms with Gasteiger partial charge in [-0.25, -0.2) is 0 Å². The van der Waals surface area contributed by atoms with Crippen LogP contribution >= 0.6 is 12.4 Å². The van der Waals surface area contributed by atoms with Crippen LogP contribution in [0.2, 0.25) is 0 Å². The molecule has 2 N–H and O–H groups in total. The van der Waals surface area contributed by atoms with Crippen molar-refractivity contribution in [2.75, 3.05) is 13.1 Å². The van der Waals surface area contributed by atoms with Crippen LogP contribution in [-0.4, -0.2) is 25.0 Å². The van der Waals surface area contributed by atoms with E-state index in [9.17, 15) is 4.79 Å². The number of hydrogen-bond acceptors (Lipinski definition) is 2. The molecule has 1 heterocycles. The van der Waals surface area contributed by atoms with Crippen LogP contribution in [-0.2, 0) is 11.2 Å². The third-order valence-electron chi connectivity index (χ3n) is 4.03. The largest absolute Gasteiger partial charge is 0.352 e. The van der Waals surface area contributed by atoms with Gasteiger partial charge in [0.2, 0.25) is 5.91 Å². The third kappa shape index (κ3) is 4.50. The molecule has 1 fully saturated rings. The van der Waals surface area contributed by atoms with Crippen LogP contribution in [0, 0.1) is 19.8 Å². The highest BCUT2D eigenvalue weighted by atomic mass is 35.5. The van der Waals surface area contributed by atoms with Gasteiger partial charge in [0.25, 0.3) is 0 Å². The van der Waals surface area contributed by atoms with Gasteiger partial charge in [-0.1, -0.05) is 30.7 Å². The summed E-state index contributed by atoms with van der Waals surface area (Å²) in [6.45, 7) is 8.29. The average molecular weight is 297 g/mol. The van der Waals surface area contributed by atoms with Gasteiger partial charge in [-0.15, -0.1) is 12.4 Å². The quantitative estimate of drug-likeness (QED) is 0.899. The molecule has 4 heteroatoms. The van der Waals surface area contributed by atoms with Gasteiger partial charge < -0.3 is 10.6 Å². The Morgan fingerprint density at radius 3 is 2.85 bits per heavy atom. The lowest BCUT2D eigenvalue weighted by Crippen LogP contribution is -2.50. The van der Waals surface area contributed by atoms with E-state index in [2.05, 4.69) is 49.6 Å². The minimum atomic E-state index is 0. The molecule has 0 aromatic heterocycles. The summed E-state index contributed by atoms with van der Waals surface area (Å²) in [6, 6.07) is 6.55. The summed E-state index contributed by atoms with van der Waals surface area (Å²) in [5.74, 6) is 0.693. The first-order valence-electron chi connectivity index (χ1n) is 7.12. The van der Waals surface area contributed by atoms with Gasteiger partial charge in [0.15, 0.2) is 0 Å². The Kier molecular flexibility index (Phi) is 6.50. The molecule has 1 aliphatic heterocycles. The van der Waals surface area contributed by atoms with Gasteiger partial charge in [0.1, 0.15) is 0 Å². The molecule has 0 bridgehead atoms. The van der Waals surface area contributed by atoms with Crippen LogP contribution in [0.25, 0.3) is 0 Å². The Hall–Kier alpha value is -1.06. The summed E-state index contributed by atoms with van der Waals surface area (Å²) >= 11 is 0. The van der Waals surface area contributed by atoms with Crippen molar-refractivity contribution in [3.8, 4) is 0 Å². The maximum absolute atomic E-state index is 12.2. The number of benzene rings is 1. The second-order valence-electron chi connectivity index (χ2n) is 5.75. The van der Waals surface area contributed by atoms with Gasteiger partial charge in [-0.05, 0) is 43.9 Å². The molecule has 1 aromatic rings. The van der Waals surface area contributed by atoms with Crippen LogP contribution in [0.5, 0.6) is 0 Å². The van der Waals surface area contributed by atoms with E-state index in [4.69, 9.17) is 0 Å². The number of carbonyl (C=O) groups is 1. The molecule has 2 rings (SSSR count). The molecule has 2 atom stereocenters. The minimum Gasteiger partial charge on any atom is -0.352 e. The second-order valence-corrected chi connectivity index (χ2v) is 5.75. The van der Waals surface area contributed by atoms with Gasteiger partial charge in [0, 0.05) is 12.6 Å². The van der Waals surface area contributed by atoms with Crippen molar-refractivity contribution in [1.29, 1.82) is 0 Å². The predicted molar refractivity (Wildman–Crippen MR) is 85.4 cm³/mol. The molecular weight excluding hydrogens is 272 g/mol. The second kappa shape index (κ2) is 7.65. The number of hydrogen-bond donors (Lipinski definition) is 2. The van der Waals surface area contributed by atoms with E-state index in [0.717, 1.165) is 25.1 Å². The molecule has 0 saturated carbocycles. The van der Waals surface area contributed by atoms with Crippen LogP contribution in [0.4, 0.5) is 0 Å². The van der Waals surface area contributed by atoms with E-state index in [-0.39, 0.29) is 24.4 Å². The fourth-order valence-corrected chi connectivity index (χ4v) is 2.60. The fraction of sp³-hybridized carbons (Fsp3) is 0.562. The number of nitrogens with one attached hydrogen (secondary N) is 2. The van der Waals surface area contributed by atoms with Crippen molar-refractivity contribution in [2.24, 2.45) is 5.92 Å². The number of carbonyl (C=O) groups excluding carboxylic acids is 1. The van der Waals surface area contributed by atoms with E-state index in [1.807, 2.05) is 0 Å². The smallest absolute Gasteiger partial charge is 0.224 e. The number of rotatable bonds is 3. The predicted octanol–water partition coefficient (Wildman–Crippen LogP) is 2.38. The summed E-state index contributed by atoms with van der Waals surface area (Å²) < 4.78 is 0. The van der Waals surface area contributed by atoms with Crippen molar-refractivity contribution in [3.05, 3.63) is 34.9 Å². The third-order valence-corrected chi connectivity index (χ3v) is 4.03. The Balaban J connectivity index is 0.00000200. The van der Waals surface area contributed by atoms with E-state index in [1.54, 1.807) is 0 Å². The van der Waals surface area contributed by atoms with Crippen LogP contribution in [0.1, 0.15) is 30.0 Å². The van der Waals surface area contributed by atoms with Gasteiger partial charge in [0.05, 0.1) is 6.42 Å². The first-order valence-corrected chi connectivity index (χ1v) is 7.12. The van der Waals surface area contributed by atoms with Crippen molar-refractivity contribution in [1.82, 2.24) is 10.6 Å². The summed E-state index contributed by atoms with van der Waals surface area (Å²) in [5, 5.41) is 6.50. The fourth-order valence-electron chi connectivity index (χ4n) is 2.60. The van der Waals surface area contributed by atoms with Gasteiger partial charge in [-0.2, -0.15) is 0 Å². The Morgan fingerprint density at radius 2 is 2.15 bits per heavy atom. The highest BCUT2D eigenvalue weighted by Crippen LogP contribution is 2.13. The summed E-state index contributed by atoms with van der Waals surface area (Å²) in [6.07, 6.45) is 1.62. The topological polar surface area (TPSA) is 41.1 Å². The van der Waals surface area contributed by atoms with Crippen molar-refractivity contribution < 1.29 is 4.79 Å². The van der Waals surface area contributed by atoms with Crippen LogP contribution in [0.15, 0.2) is 18.2 Å². The summed E-state index contributed by atoms with van der Waals surface area (Å²) in [7, 11) is 0. The maximum atomic E-state index is 12.2. The zero-order valence-electron chi connectivity index (χ0n) is 12.5. The Bertz CT molecular complexity index is 462. The Morgan fingerprint density at radius 1 is 1.40 bits per heavy atom. The summed E-state index contributed by atoms with van der Waals surface area (Å²) in [4.78, 5) is 12.2. The van der Waals surface area contributed by atoms with Crippen LogP contribution < -0.4 is 10.6 Å². The van der Waals surface area contributed by atoms with E-state index in [1.165, 1.54) is 11.1 Å². The first-order chi connectivity index (χ1) is 9.06. The molecule has 0 aliphatic carbocycles. The average Bonchev–Trinajstić information content (AvgIpc) is 2.37. The maximum Gasteiger partial charge on any atom is 0.224 e. The molecule has 0 spiro atoms.